The van der Waals surface area contributed by atoms with Crippen LogP contribution >= 0.6 is 11.6 Å². The highest BCUT2D eigenvalue weighted by Gasteiger charge is 2.31. The van der Waals surface area contributed by atoms with E-state index in [1.165, 1.54) is 5.01 Å². The van der Waals surface area contributed by atoms with Gasteiger partial charge < -0.3 is 0 Å². The van der Waals surface area contributed by atoms with Crippen LogP contribution < -0.4 is 5.01 Å². The highest BCUT2D eigenvalue weighted by molar-refractivity contribution is 6.34. The van der Waals surface area contributed by atoms with Gasteiger partial charge in [0.05, 0.1) is 17.0 Å². The topological polar surface area (TPSA) is 32.7 Å². The van der Waals surface area contributed by atoms with E-state index in [0.29, 0.717) is 16.3 Å². The van der Waals surface area contributed by atoms with Crippen LogP contribution in [0.15, 0.2) is 102 Å². The molecule has 4 heteroatoms. The molecule has 0 spiro atoms. The van der Waals surface area contributed by atoms with Crippen LogP contribution in [-0.4, -0.2) is 11.6 Å². The zero-order valence-electron chi connectivity index (χ0n) is 15.9. The molecule has 0 saturated carbocycles. The van der Waals surface area contributed by atoms with Gasteiger partial charge in [0.2, 0.25) is 0 Å². The molecule has 0 aliphatic carbocycles. The number of hydrogen-bond acceptors (Lipinski definition) is 2. The summed E-state index contributed by atoms with van der Waals surface area (Å²) in [6, 6.07) is 26.9. The SMILES string of the molecule is CC1=NN(c2ccccc2)C(=O)/C1=C(/C=C\c1ccc(Cl)cc1)c1ccccc1. The van der Waals surface area contributed by atoms with Crippen molar-refractivity contribution < 1.29 is 4.79 Å². The number of anilines is 1. The van der Waals surface area contributed by atoms with Crippen molar-refractivity contribution in [2.75, 3.05) is 5.01 Å². The van der Waals surface area contributed by atoms with E-state index in [-0.39, 0.29) is 5.91 Å². The minimum atomic E-state index is -0.131. The van der Waals surface area contributed by atoms with Crippen molar-refractivity contribution >= 4 is 40.6 Å². The fraction of sp³-hybridized carbons (Fsp3) is 0.0400. The molecule has 1 amide bonds. The van der Waals surface area contributed by atoms with Gasteiger partial charge in [0.15, 0.2) is 0 Å². The lowest BCUT2D eigenvalue weighted by Crippen LogP contribution is -2.21. The molecule has 3 aromatic carbocycles. The van der Waals surface area contributed by atoms with Gasteiger partial charge in [-0.05, 0) is 47.9 Å². The van der Waals surface area contributed by atoms with Gasteiger partial charge in [0, 0.05) is 5.02 Å². The van der Waals surface area contributed by atoms with Gasteiger partial charge in [-0.2, -0.15) is 10.1 Å². The lowest BCUT2D eigenvalue weighted by Gasteiger charge is -2.12. The standard InChI is InChI=1S/C25H19ClN2O/c1-18-24(25(29)28(27-18)22-10-6-3-7-11-22)23(20-8-4-2-5-9-20)17-14-19-12-15-21(26)16-13-19/h2-17H,1H3/b17-14-,24-23-. The first-order valence-electron chi connectivity index (χ1n) is 9.32. The third-order valence-electron chi connectivity index (χ3n) is 4.69. The molecule has 4 rings (SSSR count). The molecule has 0 saturated heterocycles. The number of hydrogen-bond donors (Lipinski definition) is 0. The predicted molar refractivity (Wildman–Crippen MR) is 121 cm³/mol. The van der Waals surface area contributed by atoms with Crippen molar-refractivity contribution in [3.8, 4) is 0 Å². The lowest BCUT2D eigenvalue weighted by atomic mass is 9.96. The summed E-state index contributed by atoms with van der Waals surface area (Å²) in [5.74, 6) is -0.131. The van der Waals surface area contributed by atoms with E-state index in [1.54, 1.807) is 0 Å². The smallest absolute Gasteiger partial charge is 0.267 e. The van der Waals surface area contributed by atoms with Gasteiger partial charge in [-0.25, -0.2) is 0 Å². The summed E-state index contributed by atoms with van der Waals surface area (Å²) in [6.07, 6.45) is 3.96. The van der Waals surface area contributed by atoms with E-state index in [2.05, 4.69) is 5.10 Å². The highest BCUT2D eigenvalue weighted by atomic mass is 35.5. The summed E-state index contributed by atoms with van der Waals surface area (Å²) in [4.78, 5) is 13.3. The van der Waals surface area contributed by atoms with E-state index in [9.17, 15) is 4.79 Å². The van der Waals surface area contributed by atoms with Crippen LogP contribution in [0.5, 0.6) is 0 Å². The molecule has 3 aromatic rings. The van der Waals surface area contributed by atoms with Crippen molar-refractivity contribution in [1.29, 1.82) is 0 Å². The number of para-hydroxylation sites is 1. The average molecular weight is 399 g/mol. The first kappa shape index (κ1) is 18.9. The van der Waals surface area contributed by atoms with Gasteiger partial charge in [0.1, 0.15) is 0 Å². The molecule has 29 heavy (non-hydrogen) atoms. The fourth-order valence-electron chi connectivity index (χ4n) is 3.26. The Morgan fingerprint density at radius 1 is 0.897 bits per heavy atom. The molecule has 3 nitrogen and oxygen atoms in total. The van der Waals surface area contributed by atoms with Crippen molar-refractivity contribution in [3.63, 3.8) is 0 Å². The van der Waals surface area contributed by atoms with Gasteiger partial charge in [0.25, 0.3) is 5.91 Å². The van der Waals surface area contributed by atoms with Crippen molar-refractivity contribution in [1.82, 2.24) is 0 Å². The summed E-state index contributed by atoms with van der Waals surface area (Å²) >= 11 is 5.99. The quantitative estimate of drug-likeness (QED) is 0.479. The van der Waals surface area contributed by atoms with Crippen LogP contribution in [0.2, 0.25) is 5.02 Å². The highest BCUT2D eigenvalue weighted by Crippen LogP contribution is 2.30. The minimum Gasteiger partial charge on any atom is -0.267 e. The predicted octanol–water partition coefficient (Wildman–Crippen LogP) is 6.23. The summed E-state index contributed by atoms with van der Waals surface area (Å²) in [6.45, 7) is 1.87. The van der Waals surface area contributed by atoms with E-state index in [1.807, 2.05) is 104 Å². The van der Waals surface area contributed by atoms with E-state index in [0.717, 1.165) is 22.4 Å². The van der Waals surface area contributed by atoms with Crippen LogP contribution in [-0.2, 0) is 4.79 Å². The molecule has 142 valence electrons. The zero-order chi connectivity index (χ0) is 20.2. The number of benzene rings is 3. The summed E-state index contributed by atoms with van der Waals surface area (Å²) in [5, 5.41) is 6.68. The molecule has 0 unspecified atom stereocenters. The Morgan fingerprint density at radius 2 is 1.52 bits per heavy atom. The second-order valence-electron chi connectivity index (χ2n) is 6.68. The second-order valence-corrected chi connectivity index (χ2v) is 7.11. The van der Waals surface area contributed by atoms with Crippen LogP contribution in [0.1, 0.15) is 18.1 Å². The monoisotopic (exact) mass is 398 g/mol. The van der Waals surface area contributed by atoms with E-state index in [4.69, 9.17) is 11.6 Å². The molecule has 0 fully saturated rings. The maximum absolute atomic E-state index is 13.3. The second kappa shape index (κ2) is 8.29. The molecular formula is C25H19ClN2O. The number of amides is 1. The number of rotatable bonds is 4. The third-order valence-corrected chi connectivity index (χ3v) is 4.94. The zero-order valence-corrected chi connectivity index (χ0v) is 16.7. The number of carbonyl (C=O) groups excluding carboxylic acids is 1. The van der Waals surface area contributed by atoms with Gasteiger partial charge in [-0.15, -0.1) is 0 Å². The molecule has 1 heterocycles. The van der Waals surface area contributed by atoms with E-state index < -0.39 is 0 Å². The molecular weight excluding hydrogens is 380 g/mol. The number of halogens is 1. The number of allylic oxidation sites excluding steroid dienone is 2. The molecule has 1 aliphatic heterocycles. The number of hydrazone groups is 1. The molecule has 1 aliphatic rings. The molecule has 0 radical (unpaired) electrons. The Kier molecular flexibility index (Phi) is 5.41. The van der Waals surface area contributed by atoms with Crippen LogP contribution in [0.3, 0.4) is 0 Å². The summed E-state index contributed by atoms with van der Waals surface area (Å²) in [7, 11) is 0. The first-order valence-corrected chi connectivity index (χ1v) is 9.70. The van der Waals surface area contributed by atoms with Gasteiger partial charge in [-0.3, -0.25) is 4.79 Å². The van der Waals surface area contributed by atoms with Crippen LogP contribution in [0, 0.1) is 0 Å². The van der Waals surface area contributed by atoms with Crippen molar-refractivity contribution in [2.24, 2.45) is 5.10 Å². The van der Waals surface area contributed by atoms with Gasteiger partial charge in [-0.1, -0.05) is 84.4 Å². The van der Waals surface area contributed by atoms with Gasteiger partial charge >= 0.3 is 0 Å². The van der Waals surface area contributed by atoms with Crippen LogP contribution in [0.4, 0.5) is 5.69 Å². The Bertz CT molecular complexity index is 1110. The Hall–Kier alpha value is -3.43. The maximum Gasteiger partial charge on any atom is 0.281 e. The first-order chi connectivity index (χ1) is 14.1. The Morgan fingerprint density at radius 3 is 2.17 bits per heavy atom. The van der Waals surface area contributed by atoms with Crippen molar-refractivity contribution in [2.45, 2.75) is 6.92 Å². The number of nitrogens with zero attached hydrogens (tertiary/aromatic N) is 2. The van der Waals surface area contributed by atoms with Crippen molar-refractivity contribution in [3.05, 3.63) is 113 Å². The average Bonchev–Trinajstić information content (AvgIpc) is 3.05. The Balaban J connectivity index is 1.80. The number of carbonyl (C=O) groups is 1. The summed E-state index contributed by atoms with van der Waals surface area (Å²) < 4.78 is 0. The third kappa shape index (κ3) is 4.05. The molecule has 0 atom stereocenters. The molecule has 0 N–H and O–H groups in total. The molecule has 0 bridgehead atoms. The lowest BCUT2D eigenvalue weighted by molar-refractivity contribution is -0.114. The summed E-state index contributed by atoms with van der Waals surface area (Å²) in [5.41, 5.74) is 4.85. The van der Waals surface area contributed by atoms with Crippen LogP contribution in [0.25, 0.3) is 11.6 Å². The molecule has 0 aromatic heterocycles. The Labute approximate surface area is 175 Å². The fourth-order valence-corrected chi connectivity index (χ4v) is 3.38. The minimum absolute atomic E-state index is 0.131. The normalized spacial score (nSPS) is 15.7. The largest absolute Gasteiger partial charge is 0.281 e. The van der Waals surface area contributed by atoms with E-state index >= 15 is 0 Å². The maximum atomic E-state index is 13.3.